The molecule has 1 saturated heterocycles. The van der Waals surface area contributed by atoms with Gasteiger partial charge in [-0.05, 0) is 44.0 Å². The Morgan fingerprint density at radius 1 is 1.40 bits per heavy atom. The summed E-state index contributed by atoms with van der Waals surface area (Å²) in [5, 5.41) is 1.14. The van der Waals surface area contributed by atoms with E-state index < -0.39 is 0 Å². The monoisotopic (exact) mass is 315 g/mol. The lowest BCUT2D eigenvalue weighted by Gasteiger charge is -2.31. The van der Waals surface area contributed by atoms with Gasteiger partial charge in [0.1, 0.15) is 0 Å². The van der Waals surface area contributed by atoms with Crippen molar-refractivity contribution >= 4 is 29.2 Å². The maximum atomic E-state index is 11.8. The molecule has 1 fully saturated rings. The van der Waals surface area contributed by atoms with Crippen LogP contribution in [0.4, 0.5) is 0 Å². The Morgan fingerprint density at radius 3 is 2.90 bits per heavy atom. The van der Waals surface area contributed by atoms with Crippen molar-refractivity contribution in [3.8, 4) is 0 Å². The first-order valence-corrected chi connectivity index (χ1v) is 7.68. The third-order valence-electron chi connectivity index (χ3n) is 3.52. The van der Waals surface area contributed by atoms with Gasteiger partial charge < -0.3 is 4.74 Å². The Bertz CT molecular complexity index is 479. The highest BCUT2D eigenvalue weighted by atomic mass is 35.5. The largest absolute Gasteiger partial charge is 0.466 e. The molecular formula is C15H19Cl2NO2. The van der Waals surface area contributed by atoms with Crippen molar-refractivity contribution in [2.45, 2.75) is 26.3 Å². The molecule has 110 valence electrons. The summed E-state index contributed by atoms with van der Waals surface area (Å²) in [6.07, 6.45) is 1.93. The average molecular weight is 316 g/mol. The zero-order valence-corrected chi connectivity index (χ0v) is 13.1. The molecule has 0 aromatic heterocycles. The van der Waals surface area contributed by atoms with Crippen LogP contribution in [0, 0.1) is 5.92 Å². The summed E-state index contributed by atoms with van der Waals surface area (Å²) >= 11 is 11.9. The Balaban J connectivity index is 1.95. The van der Waals surface area contributed by atoms with Gasteiger partial charge in [0.25, 0.3) is 0 Å². The molecule has 0 bridgehead atoms. The quantitative estimate of drug-likeness (QED) is 0.792. The van der Waals surface area contributed by atoms with Gasteiger partial charge in [0, 0.05) is 13.1 Å². The minimum Gasteiger partial charge on any atom is -0.466 e. The van der Waals surface area contributed by atoms with Crippen LogP contribution in [0.25, 0.3) is 0 Å². The lowest BCUT2D eigenvalue weighted by Crippen LogP contribution is -2.38. The zero-order valence-electron chi connectivity index (χ0n) is 11.6. The standard InChI is InChI=1S/C15H19Cl2NO2/c1-2-20-15(19)12-4-3-7-18(10-12)9-11-5-6-13(16)14(17)8-11/h5-6,8,12H,2-4,7,9-10H2,1H3/t12-/m0/s1. The predicted molar refractivity (Wildman–Crippen MR) is 81.1 cm³/mol. The van der Waals surface area contributed by atoms with E-state index in [1.165, 1.54) is 0 Å². The minimum absolute atomic E-state index is 0.00790. The third kappa shape index (κ3) is 4.11. The second-order valence-corrected chi connectivity index (χ2v) is 5.89. The van der Waals surface area contributed by atoms with E-state index in [0.717, 1.165) is 38.0 Å². The number of nitrogens with zero attached hydrogens (tertiary/aromatic N) is 1. The fourth-order valence-electron chi connectivity index (χ4n) is 2.55. The minimum atomic E-state index is -0.0775. The number of halogens is 2. The molecule has 5 heteroatoms. The maximum Gasteiger partial charge on any atom is 0.310 e. The summed E-state index contributed by atoms with van der Waals surface area (Å²) < 4.78 is 5.11. The summed E-state index contributed by atoms with van der Waals surface area (Å²) in [6.45, 7) is 4.82. The Hall–Kier alpha value is -0.770. The number of hydrogen-bond acceptors (Lipinski definition) is 3. The normalized spacial score (nSPS) is 19.9. The fourth-order valence-corrected chi connectivity index (χ4v) is 2.87. The van der Waals surface area contributed by atoms with Gasteiger partial charge in [0.05, 0.1) is 22.6 Å². The molecule has 1 aliphatic heterocycles. The molecule has 0 radical (unpaired) electrons. The molecule has 0 aliphatic carbocycles. The summed E-state index contributed by atoms with van der Waals surface area (Å²) in [5.41, 5.74) is 1.11. The van der Waals surface area contributed by atoms with Crippen LogP contribution >= 0.6 is 23.2 Å². The average Bonchev–Trinajstić information content (AvgIpc) is 2.43. The van der Waals surface area contributed by atoms with E-state index in [1.54, 1.807) is 0 Å². The van der Waals surface area contributed by atoms with Crippen LogP contribution in [-0.2, 0) is 16.1 Å². The summed E-state index contributed by atoms with van der Waals surface area (Å²) in [6, 6.07) is 5.67. The molecule has 20 heavy (non-hydrogen) atoms. The zero-order chi connectivity index (χ0) is 14.5. The van der Waals surface area contributed by atoms with Crippen molar-refractivity contribution in [1.29, 1.82) is 0 Å². The van der Waals surface area contributed by atoms with Crippen LogP contribution in [0.15, 0.2) is 18.2 Å². The molecule has 0 spiro atoms. The van der Waals surface area contributed by atoms with Crippen molar-refractivity contribution in [2.75, 3.05) is 19.7 Å². The van der Waals surface area contributed by atoms with Crippen molar-refractivity contribution in [3.63, 3.8) is 0 Å². The van der Waals surface area contributed by atoms with E-state index in [9.17, 15) is 4.79 Å². The fraction of sp³-hybridized carbons (Fsp3) is 0.533. The molecule has 0 N–H and O–H groups in total. The van der Waals surface area contributed by atoms with Crippen LogP contribution in [0.5, 0.6) is 0 Å². The molecule has 0 amide bonds. The van der Waals surface area contributed by atoms with Crippen LogP contribution in [0.1, 0.15) is 25.3 Å². The second-order valence-electron chi connectivity index (χ2n) is 5.07. The van der Waals surface area contributed by atoms with E-state index >= 15 is 0 Å². The highest BCUT2D eigenvalue weighted by Crippen LogP contribution is 2.25. The maximum absolute atomic E-state index is 11.8. The molecule has 1 atom stereocenters. The molecular weight excluding hydrogens is 297 g/mol. The second kappa shape index (κ2) is 7.30. The van der Waals surface area contributed by atoms with Crippen molar-refractivity contribution < 1.29 is 9.53 Å². The van der Waals surface area contributed by atoms with Crippen LogP contribution in [0.3, 0.4) is 0 Å². The Labute approximate surface area is 129 Å². The third-order valence-corrected chi connectivity index (χ3v) is 4.25. The van der Waals surface area contributed by atoms with E-state index in [4.69, 9.17) is 27.9 Å². The molecule has 1 aliphatic rings. The molecule has 1 aromatic carbocycles. The summed E-state index contributed by atoms with van der Waals surface area (Å²) in [7, 11) is 0. The van der Waals surface area contributed by atoms with E-state index in [0.29, 0.717) is 16.7 Å². The number of carbonyl (C=O) groups is 1. The van der Waals surface area contributed by atoms with E-state index in [2.05, 4.69) is 4.90 Å². The molecule has 1 heterocycles. The van der Waals surface area contributed by atoms with Gasteiger partial charge in [0.2, 0.25) is 0 Å². The highest BCUT2D eigenvalue weighted by molar-refractivity contribution is 6.42. The number of carbonyl (C=O) groups excluding carboxylic acids is 1. The lowest BCUT2D eigenvalue weighted by atomic mass is 9.98. The van der Waals surface area contributed by atoms with E-state index in [1.807, 2.05) is 25.1 Å². The molecule has 3 nitrogen and oxygen atoms in total. The van der Waals surface area contributed by atoms with E-state index in [-0.39, 0.29) is 11.9 Å². The van der Waals surface area contributed by atoms with Gasteiger partial charge in [-0.15, -0.1) is 0 Å². The molecule has 2 rings (SSSR count). The number of piperidine rings is 1. The first-order chi connectivity index (χ1) is 9.60. The number of esters is 1. The number of rotatable bonds is 4. The van der Waals surface area contributed by atoms with Crippen LogP contribution in [-0.4, -0.2) is 30.6 Å². The Kier molecular flexibility index (Phi) is 5.70. The van der Waals surface area contributed by atoms with Crippen molar-refractivity contribution in [3.05, 3.63) is 33.8 Å². The van der Waals surface area contributed by atoms with Gasteiger partial charge in [0.15, 0.2) is 0 Å². The number of benzene rings is 1. The molecule has 0 saturated carbocycles. The first-order valence-electron chi connectivity index (χ1n) is 6.93. The van der Waals surface area contributed by atoms with Gasteiger partial charge in [-0.3, -0.25) is 9.69 Å². The molecule has 0 unspecified atom stereocenters. The molecule has 1 aromatic rings. The first kappa shape index (κ1) is 15.6. The van der Waals surface area contributed by atoms with Crippen molar-refractivity contribution in [1.82, 2.24) is 4.90 Å². The van der Waals surface area contributed by atoms with Gasteiger partial charge >= 0.3 is 5.97 Å². The number of ether oxygens (including phenoxy) is 1. The number of likely N-dealkylation sites (tertiary alicyclic amines) is 1. The van der Waals surface area contributed by atoms with Crippen molar-refractivity contribution in [2.24, 2.45) is 5.92 Å². The van der Waals surface area contributed by atoms with Gasteiger partial charge in [-0.1, -0.05) is 29.3 Å². The predicted octanol–water partition coefficient (Wildman–Crippen LogP) is 3.77. The topological polar surface area (TPSA) is 29.5 Å². The van der Waals surface area contributed by atoms with Gasteiger partial charge in [-0.2, -0.15) is 0 Å². The lowest BCUT2D eigenvalue weighted by molar-refractivity contribution is -0.150. The van der Waals surface area contributed by atoms with Crippen LogP contribution in [0.2, 0.25) is 10.0 Å². The smallest absolute Gasteiger partial charge is 0.310 e. The number of hydrogen-bond donors (Lipinski definition) is 0. The van der Waals surface area contributed by atoms with Crippen LogP contribution < -0.4 is 0 Å². The van der Waals surface area contributed by atoms with Gasteiger partial charge in [-0.25, -0.2) is 0 Å². The highest BCUT2D eigenvalue weighted by Gasteiger charge is 2.26. The Morgan fingerprint density at radius 2 is 2.20 bits per heavy atom. The summed E-state index contributed by atoms with van der Waals surface area (Å²) in [4.78, 5) is 14.1. The SMILES string of the molecule is CCOC(=O)[C@H]1CCCN(Cc2ccc(Cl)c(Cl)c2)C1. The summed E-state index contributed by atoms with van der Waals surface area (Å²) in [5.74, 6) is -0.0854.